The van der Waals surface area contributed by atoms with Crippen molar-refractivity contribution >= 4 is 22.7 Å². The zero-order chi connectivity index (χ0) is 28.5. The van der Waals surface area contributed by atoms with Crippen molar-refractivity contribution in [2.24, 2.45) is 0 Å². The summed E-state index contributed by atoms with van der Waals surface area (Å²) in [5, 5.41) is 1.05. The van der Waals surface area contributed by atoms with Crippen LogP contribution in [0, 0.1) is 0 Å². The van der Waals surface area contributed by atoms with Gasteiger partial charge in [0, 0.05) is 36.7 Å². The second-order valence-corrected chi connectivity index (χ2v) is 9.54. The number of para-hydroxylation sites is 2. The number of alkyl halides is 3. The van der Waals surface area contributed by atoms with Gasteiger partial charge in [-0.15, -0.1) is 0 Å². The number of carbonyl (C=O) groups excluding carboxylic acids is 2. The molecular formula is C31H32F3N3O3. The number of hydrogen-bond acceptors (Lipinski definition) is 3. The van der Waals surface area contributed by atoms with Gasteiger partial charge in [0.2, 0.25) is 5.91 Å². The summed E-state index contributed by atoms with van der Waals surface area (Å²) in [6, 6.07) is 21.6. The third kappa shape index (κ3) is 7.65. The van der Waals surface area contributed by atoms with Gasteiger partial charge in [-0.25, -0.2) is 0 Å². The number of nitrogens with one attached hydrogen (secondary N) is 1. The highest BCUT2D eigenvalue weighted by Gasteiger charge is 2.30. The predicted octanol–water partition coefficient (Wildman–Crippen LogP) is 6.08. The quantitative estimate of drug-likeness (QED) is 0.232. The van der Waals surface area contributed by atoms with Gasteiger partial charge in [-0.1, -0.05) is 55.5 Å². The molecule has 0 atom stereocenters. The Hall–Kier alpha value is -4.27. The van der Waals surface area contributed by atoms with Crippen molar-refractivity contribution in [3.63, 3.8) is 0 Å². The number of amides is 2. The summed E-state index contributed by atoms with van der Waals surface area (Å²) < 4.78 is 44.8. The van der Waals surface area contributed by atoms with Crippen molar-refractivity contribution in [3.05, 3.63) is 102 Å². The van der Waals surface area contributed by atoms with Crippen LogP contribution in [0.25, 0.3) is 10.9 Å². The molecule has 1 heterocycles. The van der Waals surface area contributed by atoms with E-state index in [1.807, 2.05) is 43.5 Å². The minimum absolute atomic E-state index is 0.119. The van der Waals surface area contributed by atoms with Crippen LogP contribution in [-0.4, -0.2) is 52.8 Å². The average molecular weight is 552 g/mol. The summed E-state index contributed by atoms with van der Waals surface area (Å²) >= 11 is 0. The molecule has 1 aromatic heterocycles. The molecule has 0 unspecified atom stereocenters. The topological polar surface area (TPSA) is 65.6 Å². The predicted molar refractivity (Wildman–Crippen MR) is 148 cm³/mol. The van der Waals surface area contributed by atoms with E-state index in [0.717, 1.165) is 28.6 Å². The number of halogens is 3. The largest absolute Gasteiger partial charge is 0.484 e. The highest BCUT2D eigenvalue weighted by Crippen LogP contribution is 2.29. The molecule has 3 aromatic carbocycles. The van der Waals surface area contributed by atoms with E-state index in [1.165, 1.54) is 17.0 Å². The number of carbonyl (C=O) groups is 2. The number of nitrogens with zero attached hydrogens (tertiary/aromatic N) is 2. The maximum Gasteiger partial charge on any atom is 0.416 e. The van der Waals surface area contributed by atoms with E-state index in [4.69, 9.17) is 4.74 Å². The average Bonchev–Trinajstić information content (AvgIpc) is 3.37. The Bertz CT molecular complexity index is 1400. The second kappa shape index (κ2) is 13.2. The highest BCUT2D eigenvalue weighted by atomic mass is 19.4. The molecule has 0 aliphatic heterocycles. The molecule has 0 fully saturated rings. The Morgan fingerprint density at radius 3 is 2.25 bits per heavy atom. The summed E-state index contributed by atoms with van der Waals surface area (Å²) in [6.07, 6.45) is -1.35. The number of hydrogen-bond donors (Lipinski definition) is 1. The van der Waals surface area contributed by atoms with Crippen LogP contribution in [-0.2, 0) is 28.7 Å². The van der Waals surface area contributed by atoms with Crippen LogP contribution in [0.15, 0.2) is 85.1 Å². The van der Waals surface area contributed by atoms with E-state index in [-0.39, 0.29) is 31.5 Å². The summed E-state index contributed by atoms with van der Waals surface area (Å²) in [7, 11) is 0. The third-order valence-corrected chi connectivity index (χ3v) is 6.61. The maximum absolute atomic E-state index is 13.6. The van der Waals surface area contributed by atoms with Crippen molar-refractivity contribution in [3.8, 4) is 5.75 Å². The molecule has 210 valence electrons. The Kier molecular flexibility index (Phi) is 9.47. The molecule has 2 amide bonds. The van der Waals surface area contributed by atoms with Crippen LogP contribution in [0.2, 0.25) is 0 Å². The maximum atomic E-state index is 13.6. The Labute approximate surface area is 231 Å². The number of benzene rings is 3. The lowest BCUT2D eigenvalue weighted by Gasteiger charge is -2.28. The zero-order valence-corrected chi connectivity index (χ0v) is 22.3. The zero-order valence-electron chi connectivity index (χ0n) is 22.3. The fourth-order valence-electron chi connectivity index (χ4n) is 4.48. The second-order valence-electron chi connectivity index (χ2n) is 9.54. The van der Waals surface area contributed by atoms with E-state index in [0.29, 0.717) is 37.2 Å². The SMILES string of the molecule is CCCN(CC(=O)N(CCc1c[nH]c2ccccc12)Cc1ccc(C(F)(F)F)cc1)C(=O)COc1ccccc1. The normalized spacial score (nSPS) is 11.4. The number of ether oxygens (including phenoxy) is 1. The molecule has 0 spiro atoms. The molecule has 0 bridgehead atoms. The first kappa shape index (κ1) is 28.7. The number of fused-ring (bicyclic) bond motifs is 1. The monoisotopic (exact) mass is 551 g/mol. The number of aromatic nitrogens is 1. The van der Waals surface area contributed by atoms with Gasteiger partial charge >= 0.3 is 6.18 Å². The molecule has 4 rings (SSSR count). The first-order valence-corrected chi connectivity index (χ1v) is 13.2. The minimum atomic E-state index is -4.44. The van der Waals surface area contributed by atoms with E-state index >= 15 is 0 Å². The van der Waals surface area contributed by atoms with Crippen molar-refractivity contribution in [2.45, 2.75) is 32.5 Å². The molecule has 40 heavy (non-hydrogen) atoms. The summed E-state index contributed by atoms with van der Waals surface area (Å²) in [6.45, 7) is 2.38. The van der Waals surface area contributed by atoms with Crippen LogP contribution in [0.1, 0.15) is 30.0 Å². The molecule has 9 heteroatoms. The lowest BCUT2D eigenvalue weighted by molar-refractivity contribution is -0.142. The molecule has 0 aliphatic rings. The van der Waals surface area contributed by atoms with Crippen LogP contribution in [0.4, 0.5) is 13.2 Å². The fraction of sp³-hybridized carbons (Fsp3) is 0.290. The van der Waals surface area contributed by atoms with E-state index in [2.05, 4.69) is 4.98 Å². The third-order valence-electron chi connectivity index (χ3n) is 6.61. The lowest BCUT2D eigenvalue weighted by atomic mass is 10.1. The van der Waals surface area contributed by atoms with Gasteiger partial charge in [-0.05, 0) is 54.3 Å². The lowest BCUT2D eigenvalue weighted by Crippen LogP contribution is -2.45. The molecule has 0 saturated carbocycles. The Morgan fingerprint density at radius 2 is 1.55 bits per heavy atom. The first-order chi connectivity index (χ1) is 19.2. The van der Waals surface area contributed by atoms with E-state index in [1.54, 1.807) is 29.2 Å². The van der Waals surface area contributed by atoms with Gasteiger partial charge in [0.15, 0.2) is 6.61 Å². The minimum Gasteiger partial charge on any atom is -0.484 e. The van der Waals surface area contributed by atoms with Gasteiger partial charge in [0.25, 0.3) is 5.91 Å². The summed E-state index contributed by atoms with van der Waals surface area (Å²) in [5.41, 5.74) is 1.84. The van der Waals surface area contributed by atoms with Crippen LogP contribution < -0.4 is 4.74 Å². The van der Waals surface area contributed by atoms with Gasteiger partial charge in [0.05, 0.1) is 12.1 Å². The number of rotatable bonds is 12. The van der Waals surface area contributed by atoms with Crippen molar-refractivity contribution in [2.75, 3.05) is 26.2 Å². The van der Waals surface area contributed by atoms with E-state index in [9.17, 15) is 22.8 Å². The molecule has 0 radical (unpaired) electrons. The summed E-state index contributed by atoms with van der Waals surface area (Å²) in [4.78, 5) is 32.8. The van der Waals surface area contributed by atoms with Gasteiger partial charge < -0.3 is 19.5 Å². The Balaban J connectivity index is 1.49. The van der Waals surface area contributed by atoms with E-state index < -0.39 is 11.7 Å². The highest BCUT2D eigenvalue weighted by molar-refractivity contribution is 5.86. The fourth-order valence-corrected chi connectivity index (χ4v) is 4.48. The molecule has 0 aliphatic carbocycles. The Morgan fingerprint density at radius 1 is 0.850 bits per heavy atom. The molecule has 0 saturated heterocycles. The first-order valence-electron chi connectivity index (χ1n) is 13.2. The van der Waals surface area contributed by atoms with Crippen molar-refractivity contribution < 1.29 is 27.5 Å². The van der Waals surface area contributed by atoms with Gasteiger partial charge in [0.1, 0.15) is 5.75 Å². The molecule has 4 aromatic rings. The van der Waals surface area contributed by atoms with Crippen molar-refractivity contribution in [1.82, 2.24) is 14.8 Å². The standard InChI is InChI=1S/C31H32F3N3O3/c1-2-17-36(30(39)22-40-26-8-4-3-5-9-26)21-29(38)37(20-23-12-14-25(15-13-23)31(32,33)34)18-16-24-19-35-28-11-7-6-10-27(24)28/h3-15,19,35H,2,16-18,20-22H2,1H3. The van der Waals surface area contributed by atoms with Crippen LogP contribution >= 0.6 is 0 Å². The molecule has 1 N–H and O–H groups in total. The van der Waals surface area contributed by atoms with Crippen molar-refractivity contribution in [1.29, 1.82) is 0 Å². The number of aromatic amines is 1. The smallest absolute Gasteiger partial charge is 0.416 e. The van der Waals surface area contributed by atoms with Crippen LogP contribution in [0.5, 0.6) is 5.75 Å². The molecular weight excluding hydrogens is 519 g/mol. The summed E-state index contributed by atoms with van der Waals surface area (Å²) in [5.74, 6) is -0.0484. The van der Waals surface area contributed by atoms with Gasteiger partial charge in [-0.3, -0.25) is 9.59 Å². The van der Waals surface area contributed by atoms with Crippen LogP contribution in [0.3, 0.4) is 0 Å². The molecule has 6 nitrogen and oxygen atoms in total. The number of H-pyrrole nitrogens is 1. The van der Waals surface area contributed by atoms with Gasteiger partial charge in [-0.2, -0.15) is 13.2 Å².